The van der Waals surface area contributed by atoms with Crippen LogP contribution in [0.25, 0.3) is 11.3 Å². The van der Waals surface area contributed by atoms with E-state index in [-0.39, 0.29) is 54.3 Å². The highest BCUT2D eigenvalue weighted by Crippen LogP contribution is 2.35. The zero-order valence-electron chi connectivity index (χ0n) is 18.6. The van der Waals surface area contributed by atoms with Crippen molar-refractivity contribution in [3.8, 4) is 23.3 Å². The van der Waals surface area contributed by atoms with Crippen molar-refractivity contribution < 1.29 is 23.4 Å². The van der Waals surface area contributed by atoms with E-state index in [4.69, 9.17) is 16.3 Å². The number of hydrogen-bond donors (Lipinski definition) is 1. The van der Waals surface area contributed by atoms with Crippen molar-refractivity contribution in [3.05, 3.63) is 70.1 Å². The number of ether oxygens (including phenoxy) is 1. The van der Waals surface area contributed by atoms with Crippen LogP contribution in [0.1, 0.15) is 46.4 Å². The lowest BCUT2D eigenvalue weighted by atomic mass is 9.84. The topological polar surface area (TPSA) is 112 Å². The number of carbonyl (C=O) groups excluding carboxylic acids is 1. The molecule has 0 saturated carbocycles. The van der Waals surface area contributed by atoms with Gasteiger partial charge in [0.15, 0.2) is 0 Å². The van der Waals surface area contributed by atoms with Gasteiger partial charge in [-0.1, -0.05) is 23.7 Å². The largest absolute Gasteiger partial charge is 0.467 e. The Morgan fingerprint density at radius 2 is 1.86 bits per heavy atom. The lowest BCUT2D eigenvalue weighted by molar-refractivity contribution is -0.0212. The standard InChI is InChI=1S/C24H20ClF2N5O3/c1-35-23-29-12-15(13-30-23)19-14(11-28)10-18(20(31-19)21(26)27)22(33)32-8-6-24(34,7-9-32)16-2-4-17(25)5-3-16/h2-5,10,12-13,21,34H,6-9H2,1H3. The smallest absolute Gasteiger partial charge is 0.316 e. The number of amides is 1. The van der Waals surface area contributed by atoms with Crippen LogP contribution in [0.5, 0.6) is 6.01 Å². The molecule has 2 aromatic heterocycles. The number of halogens is 3. The van der Waals surface area contributed by atoms with E-state index in [0.29, 0.717) is 10.6 Å². The van der Waals surface area contributed by atoms with Crippen LogP contribution in [0.15, 0.2) is 42.7 Å². The summed E-state index contributed by atoms with van der Waals surface area (Å²) in [7, 11) is 1.38. The summed E-state index contributed by atoms with van der Waals surface area (Å²) < 4.78 is 32.8. The van der Waals surface area contributed by atoms with E-state index in [1.165, 1.54) is 24.4 Å². The second kappa shape index (κ2) is 9.90. The van der Waals surface area contributed by atoms with E-state index in [1.54, 1.807) is 24.3 Å². The second-order valence-corrected chi connectivity index (χ2v) is 8.46. The summed E-state index contributed by atoms with van der Waals surface area (Å²) >= 11 is 5.92. The number of nitrogens with zero attached hydrogens (tertiary/aromatic N) is 5. The minimum Gasteiger partial charge on any atom is -0.467 e. The van der Waals surface area contributed by atoms with Gasteiger partial charge in [-0.25, -0.2) is 23.7 Å². The molecule has 3 heterocycles. The van der Waals surface area contributed by atoms with Gasteiger partial charge in [0.2, 0.25) is 0 Å². The molecule has 11 heteroatoms. The first kappa shape index (κ1) is 24.4. The number of pyridine rings is 1. The molecule has 8 nitrogen and oxygen atoms in total. The van der Waals surface area contributed by atoms with Gasteiger partial charge in [-0.3, -0.25) is 4.79 Å². The highest BCUT2D eigenvalue weighted by molar-refractivity contribution is 6.30. The Morgan fingerprint density at radius 3 is 2.40 bits per heavy atom. The molecule has 4 rings (SSSR count). The van der Waals surface area contributed by atoms with E-state index in [2.05, 4.69) is 15.0 Å². The first-order chi connectivity index (χ1) is 16.8. The molecule has 0 atom stereocenters. The Bertz CT molecular complexity index is 1270. The highest BCUT2D eigenvalue weighted by Gasteiger charge is 2.37. The van der Waals surface area contributed by atoms with Crippen LogP contribution in [0.4, 0.5) is 8.78 Å². The molecule has 0 bridgehead atoms. The maximum Gasteiger partial charge on any atom is 0.316 e. The molecule has 0 unspecified atom stereocenters. The predicted molar refractivity (Wildman–Crippen MR) is 122 cm³/mol. The second-order valence-electron chi connectivity index (χ2n) is 8.02. The van der Waals surface area contributed by atoms with Gasteiger partial charge in [0.05, 0.1) is 29.5 Å². The van der Waals surface area contributed by atoms with Gasteiger partial charge in [-0.15, -0.1) is 0 Å². The first-order valence-corrected chi connectivity index (χ1v) is 11.0. The third-order valence-electron chi connectivity index (χ3n) is 5.95. The molecule has 1 aromatic carbocycles. The number of carbonyl (C=O) groups is 1. The minimum absolute atomic E-state index is 0.0576. The fraction of sp³-hybridized carbons (Fsp3) is 0.292. The summed E-state index contributed by atoms with van der Waals surface area (Å²) in [6.07, 6.45) is -0.0357. The molecule has 0 spiro atoms. The molecular weight excluding hydrogens is 480 g/mol. The quantitative estimate of drug-likeness (QED) is 0.561. The SMILES string of the molecule is COc1ncc(-c2nc(C(F)F)c(C(=O)N3CCC(O)(c4ccc(Cl)cc4)CC3)cc2C#N)cn1. The van der Waals surface area contributed by atoms with Crippen molar-refractivity contribution in [2.75, 3.05) is 20.2 Å². The Morgan fingerprint density at radius 1 is 1.23 bits per heavy atom. The fourth-order valence-corrected chi connectivity index (χ4v) is 4.14. The van der Waals surface area contributed by atoms with Crippen LogP contribution >= 0.6 is 11.6 Å². The molecule has 180 valence electrons. The van der Waals surface area contributed by atoms with Gasteiger partial charge in [0.1, 0.15) is 11.8 Å². The van der Waals surface area contributed by atoms with E-state index in [9.17, 15) is 23.9 Å². The van der Waals surface area contributed by atoms with Gasteiger partial charge in [-0.2, -0.15) is 5.26 Å². The number of alkyl halides is 2. The maximum atomic E-state index is 14.0. The molecule has 1 aliphatic heterocycles. The summed E-state index contributed by atoms with van der Waals surface area (Å²) in [6.45, 7) is 0.271. The maximum absolute atomic E-state index is 14.0. The van der Waals surface area contributed by atoms with Crippen LogP contribution in [0.2, 0.25) is 5.02 Å². The van der Waals surface area contributed by atoms with Crippen molar-refractivity contribution in [2.24, 2.45) is 0 Å². The molecule has 1 aliphatic rings. The summed E-state index contributed by atoms with van der Waals surface area (Å²) in [5, 5.41) is 21.2. The number of rotatable bonds is 5. The van der Waals surface area contributed by atoms with Crippen LogP contribution < -0.4 is 4.74 Å². The van der Waals surface area contributed by atoms with Gasteiger partial charge in [0, 0.05) is 36.1 Å². The molecule has 35 heavy (non-hydrogen) atoms. The summed E-state index contributed by atoms with van der Waals surface area (Å²) in [4.78, 5) is 26.4. The molecule has 0 radical (unpaired) electrons. The van der Waals surface area contributed by atoms with Crippen molar-refractivity contribution in [1.29, 1.82) is 5.26 Å². The molecule has 3 aromatic rings. The summed E-state index contributed by atoms with van der Waals surface area (Å²) in [6, 6.07) is 9.89. The number of hydrogen-bond acceptors (Lipinski definition) is 7. The molecule has 0 aliphatic carbocycles. The van der Waals surface area contributed by atoms with Gasteiger partial charge >= 0.3 is 6.01 Å². The number of nitriles is 1. The molecule has 1 N–H and O–H groups in total. The Balaban J connectivity index is 1.62. The first-order valence-electron chi connectivity index (χ1n) is 10.6. The average Bonchev–Trinajstić information content (AvgIpc) is 2.88. The average molecular weight is 500 g/mol. The number of methoxy groups -OCH3 is 1. The number of likely N-dealkylation sites (tertiary alicyclic amines) is 1. The van der Waals surface area contributed by atoms with E-state index in [1.807, 2.05) is 6.07 Å². The van der Waals surface area contributed by atoms with E-state index < -0.39 is 23.6 Å². The Hall–Kier alpha value is -3.68. The van der Waals surface area contributed by atoms with E-state index >= 15 is 0 Å². The summed E-state index contributed by atoms with van der Waals surface area (Å²) in [5.41, 5.74) is -1.48. The lowest BCUT2D eigenvalue weighted by Crippen LogP contribution is -2.45. The third-order valence-corrected chi connectivity index (χ3v) is 6.21. The van der Waals surface area contributed by atoms with Crippen LogP contribution in [-0.2, 0) is 5.60 Å². The normalized spacial score (nSPS) is 15.1. The molecule has 1 amide bonds. The zero-order chi connectivity index (χ0) is 25.2. The van der Waals surface area contributed by atoms with Crippen LogP contribution in [0, 0.1) is 11.3 Å². The minimum atomic E-state index is -3.06. The summed E-state index contributed by atoms with van der Waals surface area (Å²) in [5.74, 6) is -0.681. The number of piperidine rings is 1. The monoisotopic (exact) mass is 499 g/mol. The molecule has 1 fully saturated rings. The Kier molecular flexibility index (Phi) is 6.91. The molecule has 1 saturated heterocycles. The number of aromatic nitrogens is 3. The van der Waals surface area contributed by atoms with E-state index in [0.717, 1.165) is 6.07 Å². The van der Waals surface area contributed by atoms with Crippen molar-refractivity contribution in [1.82, 2.24) is 19.9 Å². The predicted octanol–water partition coefficient (Wildman–Crippen LogP) is 4.13. The van der Waals surface area contributed by atoms with Gasteiger partial charge in [-0.05, 0) is 36.6 Å². The highest BCUT2D eigenvalue weighted by atomic mass is 35.5. The number of aliphatic hydroxyl groups is 1. The lowest BCUT2D eigenvalue weighted by Gasteiger charge is -2.38. The van der Waals surface area contributed by atoms with Crippen molar-refractivity contribution in [3.63, 3.8) is 0 Å². The van der Waals surface area contributed by atoms with Gasteiger partial charge < -0.3 is 14.7 Å². The fourth-order valence-electron chi connectivity index (χ4n) is 4.01. The third kappa shape index (κ3) is 4.92. The zero-order valence-corrected chi connectivity index (χ0v) is 19.3. The Labute approximate surface area is 204 Å². The van der Waals surface area contributed by atoms with Crippen LogP contribution in [0.3, 0.4) is 0 Å². The van der Waals surface area contributed by atoms with Crippen molar-refractivity contribution in [2.45, 2.75) is 24.9 Å². The van der Waals surface area contributed by atoms with Gasteiger partial charge in [0.25, 0.3) is 12.3 Å². The van der Waals surface area contributed by atoms with Crippen molar-refractivity contribution >= 4 is 17.5 Å². The number of benzene rings is 1. The van der Waals surface area contributed by atoms with Crippen LogP contribution in [-0.4, -0.2) is 51.1 Å². The molecular formula is C24H20ClF2N5O3.